The number of aromatic amines is 1. The van der Waals surface area contributed by atoms with Crippen LogP contribution in [0.15, 0.2) is 30.5 Å². The van der Waals surface area contributed by atoms with Crippen LogP contribution < -0.4 is 5.32 Å². The third-order valence-corrected chi connectivity index (χ3v) is 2.62. The molecule has 0 radical (unpaired) electrons. The average Bonchev–Trinajstić information content (AvgIpc) is 2.83. The Balaban J connectivity index is 1.96. The summed E-state index contributed by atoms with van der Waals surface area (Å²) in [6.45, 7) is 0. The number of fused-ring (bicyclic) bond motifs is 1. The number of hydrogen-bond donors (Lipinski definition) is 2. The lowest BCUT2D eigenvalue weighted by atomic mass is 10.2. The van der Waals surface area contributed by atoms with Crippen molar-refractivity contribution in [2.75, 3.05) is 12.4 Å². The van der Waals surface area contributed by atoms with Crippen molar-refractivity contribution < 1.29 is 14.3 Å². The number of carbonyl (C=O) groups is 2. The molecule has 0 aliphatic rings. The predicted molar refractivity (Wildman–Crippen MR) is 68.2 cm³/mol. The lowest BCUT2D eigenvalue weighted by Gasteiger charge is -2.04. The Morgan fingerprint density at radius 2 is 2.11 bits per heavy atom. The van der Waals surface area contributed by atoms with E-state index in [1.54, 1.807) is 0 Å². The largest absolute Gasteiger partial charge is 0.469 e. The van der Waals surface area contributed by atoms with E-state index in [0.717, 1.165) is 16.6 Å². The molecule has 94 valence electrons. The van der Waals surface area contributed by atoms with Gasteiger partial charge in [-0.25, -0.2) is 0 Å². The number of methoxy groups -OCH3 is 1. The maximum absolute atomic E-state index is 11.6. The van der Waals surface area contributed by atoms with E-state index in [1.807, 2.05) is 30.5 Å². The van der Waals surface area contributed by atoms with Crippen LogP contribution in [0.4, 0.5) is 5.69 Å². The van der Waals surface area contributed by atoms with Crippen molar-refractivity contribution in [2.45, 2.75) is 12.8 Å². The first kappa shape index (κ1) is 12.2. The Morgan fingerprint density at radius 3 is 2.89 bits per heavy atom. The highest BCUT2D eigenvalue weighted by molar-refractivity contribution is 5.95. The van der Waals surface area contributed by atoms with Crippen LogP contribution in [0.1, 0.15) is 12.8 Å². The minimum atomic E-state index is -0.383. The number of ether oxygens (including phenoxy) is 1. The highest BCUT2D eigenvalue weighted by atomic mass is 16.5. The van der Waals surface area contributed by atoms with Crippen molar-refractivity contribution in [3.8, 4) is 0 Å². The van der Waals surface area contributed by atoms with Crippen molar-refractivity contribution in [1.82, 2.24) is 4.98 Å². The molecule has 0 aliphatic carbocycles. The number of benzene rings is 1. The van der Waals surface area contributed by atoms with Gasteiger partial charge in [-0.2, -0.15) is 0 Å². The molecule has 0 saturated carbocycles. The molecule has 1 amide bonds. The standard InChI is InChI=1S/C13H14N2O3/c1-18-13(17)5-4-12(16)15-10-2-3-11-9(8-10)6-7-14-11/h2-3,6-8,14H,4-5H2,1H3,(H,15,16). The van der Waals surface area contributed by atoms with Gasteiger partial charge in [-0.15, -0.1) is 0 Å². The Morgan fingerprint density at radius 1 is 1.28 bits per heavy atom. The summed E-state index contributed by atoms with van der Waals surface area (Å²) in [6.07, 6.45) is 2.06. The first-order chi connectivity index (χ1) is 8.69. The minimum absolute atomic E-state index is 0.0920. The second-order valence-corrected chi connectivity index (χ2v) is 3.90. The average molecular weight is 246 g/mol. The predicted octanol–water partition coefficient (Wildman–Crippen LogP) is 2.06. The number of hydrogen-bond acceptors (Lipinski definition) is 3. The first-order valence-electron chi connectivity index (χ1n) is 5.63. The van der Waals surface area contributed by atoms with Gasteiger partial charge in [-0.05, 0) is 24.3 Å². The van der Waals surface area contributed by atoms with Gasteiger partial charge in [0.15, 0.2) is 0 Å². The Hall–Kier alpha value is -2.30. The summed E-state index contributed by atoms with van der Waals surface area (Å²) in [5.74, 6) is -0.582. The Bertz CT molecular complexity index is 574. The summed E-state index contributed by atoms with van der Waals surface area (Å²) >= 11 is 0. The monoisotopic (exact) mass is 246 g/mol. The number of anilines is 1. The summed E-state index contributed by atoms with van der Waals surface area (Å²) < 4.78 is 4.47. The van der Waals surface area contributed by atoms with Crippen molar-refractivity contribution in [3.05, 3.63) is 30.5 Å². The van der Waals surface area contributed by atoms with E-state index in [0.29, 0.717) is 0 Å². The van der Waals surface area contributed by atoms with Crippen molar-refractivity contribution in [2.24, 2.45) is 0 Å². The highest BCUT2D eigenvalue weighted by Gasteiger charge is 2.07. The minimum Gasteiger partial charge on any atom is -0.469 e. The van der Waals surface area contributed by atoms with Gasteiger partial charge in [0.1, 0.15) is 0 Å². The van der Waals surface area contributed by atoms with Gasteiger partial charge in [0, 0.05) is 29.2 Å². The van der Waals surface area contributed by atoms with Crippen molar-refractivity contribution >= 4 is 28.5 Å². The van der Waals surface area contributed by atoms with Gasteiger partial charge < -0.3 is 15.0 Å². The van der Waals surface area contributed by atoms with Crippen LogP contribution >= 0.6 is 0 Å². The fourth-order valence-corrected chi connectivity index (χ4v) is 1.67. The van der Waals surface area contributed by atoms with Gasteiger partial charge in [-0.3, -0.25) is 9.59 Å². The zero-order valence-electron chi connectivity index (χ0n) is 10.0. The maximum Gasteiger partial charge on any atom is 0.306 e. The molecule has 0 atom stereocenters. The molecule has 0 bridgehead atoms. The second kappa shape index (κ2) is 5.35. The molecule has 2 aromatic rings. The van der Waals surface area contributed by atoms with Gasteiger partial charge in [-0.1, -0.05) is 0 Å². The number of nitrogens with one attached hydrogen (secondary N) is 2. The molecule has 2 rings (SSSR count). The van der Waals surface area contributed by atoms with Crippen LogP contribution in [0.2, 0.25) is 0 Å². The van der Waals surface area contributed by atoms with Crippen LogP contribution in [0, 0.1) is 0 Å². The lowest BCUT2D eigenvalue weighted by Crippen LogP contribution is -2.13. The number of rotatable bonds is 4. The molecule has 2 N–H and O–H groups in total. The molecule has 1 aromatic carbocycles. The van der Waals surface area contributed by atoms with E-state index in [-0.39, 0.29) is 24.7 Å². The smallest absolute Gasteiger partial charge is 0.306 e. The van der Waals surface area contributed by atoms with Crippen LogP contribution in [-0.2, 0) is 14.3 Å². The quantitative estimate of drug-likeness (QED) is 0.811. The third-order valence-electron chi connectivity index (χ3n) is 2.62. The topological polar surface area (TPSA) is 71.2 Å². The van der Waals surface area contributed by atoms with Crippen LogP contribution in [0.3, 0.4) is 0 Å². The Labute approximate surface area is 104 Å². The van der Waals surface area contributed by atoms with E-state index in [4.69, 9.17) is 0 Å². The molecule has 5 heteroatoms. The number of H-pyrrole nitrogens is 1. The Kier molecular flexibility index (Phi) is 3.62. The molecule has 18 heavy (non-hydrogen) atoms. The van der Waals surface area contributed by atoms with E-state index >= 15 is 0 Å². The molecule has 0 spiro atoms. The first-order valence-corrected chi connectivity index (χ1v) is 5.63. The van der Waals surface area contributed by atoms with Crippen LogP contribution in [-0.4, -0.2) is 24.0 Å². The molecule has 1 heterocycles. The molecule has 1 aromatic heterocycles. The molecular formula is C13H14N2O3. The number of aromatic nitrogens is 1. The van der Waals surface area contributed by atoms with Gasteiger partial charge in [0.25, 0.3) is 0 Å². The summed E-state index contributed by atoms with van der Waals surface area (Å²) in [6, 6.07) is 7.52. The zero-order valence-corrected chi connectivity index (χ0v) is 10.0. The molecule has 5 nitrogen and oxygen atoms in total. The molecule has 0 aliphatic heterocycles. The van der Waals surface area contributed by atoms with Crippen molar-refractivity contribution in [1.29, 1.82) is 0 Å². The third kappa shape index (κ3) is 2.88. The maximum atomic E-state index is 11.6. The SMILES string of the molecule is COC(=O)CCC(=O)Nc1ccc2[nH]ccc2c1. The number of esters is 1. The van der Waals surface area contributed by atoms with E-state index in [9.17, 15) is 9.59 Å². The highest BCUT2D eigenvalue weighted by Crippen LogP contribution is 2.17. The van der Waals surface area contributed by atoms with Gasteiger partial charge >= 0.3 is 5.97 Å². The van der Waals surface area contributed by atoms with Gasteiger partial charge in [0.05, 0.1) is 13.5 Å². The summed E-state index contributed by atoms with van der Waals surface area (Å²) in [7, 11) is 1.31. The molecule has 0 saturated heterocycles. The number of carbonyl (C=O) groups excluding carboxylic acids is 2. The fraction of sp³-hybridized carbons (Fsp3) is 0.231. The molecular weight excluding hydrogens is 232 g/mol. The van der Waals surface area contributed by atoms with Crippen LogP contribution in [0.25, 0.3) is 10.9 Å². The normalized spacial score (nSPS) is 10.3. The van der Waals surface area contributed by atoms with Crippen LogP contribution in [0.5, 0.6) is 0 Å². The second-order valence-electron chi connectivity index (χ2n) is 3.90. The summed E-state index contributed by atoms with van der Waals surface area (Å²) in [4.78, 5) is 25.6. The summed E-state index contributed by atoms with van der Waals surface area (Å²) in [5, 5.41) is 3.77. The van der Waals surface area contributed by atoms with E-state index < -0.39 is 0 Å². The molecule has 0 fully saturated rings. The summed E-state index contributed by atoms with van der Waals surface area (Å²) in [5.41, 5.74) is 1.74. The lowest BCUT2D eigenvalue weighted by molar-refractivity contribution is -0.141. The number of amides is 1. The fourth-order valence-electron chi connectivity index (χ4n) is 1.67. The van der Waals surface area contributed by atoms with Gasteiger partial charge in [0.2, 0.25) is 5.91 Å². The van der Waals surface area contributed by atoms with E-state index in [1.165, 1.54) is 7.11 Å². The van der Waals surface area contributed by atoms with Crippen molar-refractivity contribution in [3.63, 3.8) is 0 Å². The molecule has 0 unspecified atom stereocenters. The zero-order chi connectivity index (χ0) is 13.0. The van der Waals surface area contributed by atoms with E-state index in [2.05, 4.69) is 15.0 Å².